The van der Waals surface area contributed by atoms with E-state index >= 15 is 0 Å². The number of carbonyl (C=O) groups is 2. The summed E-state index contributed by atoms with van der Waals surface area (Å²) in [6.45, 7) is 9.86. The van der Waals surface area contributed by atoms with E-state index in [1.54, 1.807) is 18.7 Å². The molecule has 2 amide bonds. The Balaban J connectivity index is 2.21. The van der Waals surface area contributed by atoms with Crippen LogP contribution in [0.3, 0.4) is 0 Å². The lowest BCUT2D eigenvalue weighted by Crippen LogP contribution is -2.49. The van der Waals surface area contributed by atoms with Crippen LogP contribution in [0.2, 0.25) is 0 Å². The molecule has 0 bridgehead atoms. The second-order valence-electron chi connectivity index (χ2n) is 7.60. The fourth-order valence-electron chi connectivity index (χ4n) is 2.95. The Bertz CT molecular complexity index is 782. The van der Waals surface area contributed by atoms with Gasteiger partial charge in [0.2, 0.25) is 11.8 Å². The third-order valence-corrected chi connectivity index (χ3v) is 4.83. The number of hydrogen-bond acceptors (Lipinski definition) is 2. The summed E-state index contributed by atoms with van der Waals surface area (Å²) in [5.41, 5.74) is 1.70. The van der Waals surface area contributed by atoms with E-state index in [0.29, 0.717) is 6.54 Å². The maximum Gasteiger partial charge on any atom is 0.239 e. The largest absolute Gasteiger partial charge is 0.335 e. The van der Waals surface area contributed by atoms with Crippen molar-refractivity contribution < 1.29 is 9.59 Å². The minimum absolute atomic E-state index is 0.00675. The number of hydrogen-bond donors (Lipinski definition) is 1. The summed E-state index contributed by atoms with van der Waals surface area (Å²) in [5, 5.41) is 2.95. The number of para-hydroxylation sites is 1. The van der Waals surface area contributed by atoms with Gasteiger partial charge in [0.05, 0.1) is 0 Å². The zero-order valence-electron chi connectivity index (χ0n) is 17.0. The third kappa shape index (κ3) is 4.97. The first-order chi connectivity index (χ1) is 12.8. The number of carbonyl (C=O) groups excluding carboxylic acids is 2. The zero-order valence-corrected chi connectivity index (χ0v) is 17.0. The van der Waals surface area contributed by atoms with Crippen LogP contribution in [0.5, 0.6) is 0 Å². The van der Waals surface area contributed by atoms with Gasteiger partial charge in [0.15, 0.2) is 0 Å². The fourth-order valence-corrected chi connectivity index (χ4v) is 2.95. The Morgan fingerprint density at radius 1 is 1.00 bits per heavy atom. The van der Waals surface area contributed by atoms with Crippen molar-refractivity contribution in [3.63, 3.8) is 0 Å². The number of anilines is 1. The lowest BCUT2D eigenvalue weighted by Gasteiger charge is -2.34. The molecule has 0 atom stereocenters. The lowest BCUT2D eigenvalue weighted by atomic mass is 9.89. The van der Waals surface area contributed by atoms with Crippen LogP contribution in [-0.4, -0.2) is 22.8 Å². The molecule has 0 aromatic heterocycles. The van der Waals surface area contributed by atoms with Gasteiger partial charge in [0, 0.05) is 18.3 Å². The molecule has 2 rings (SSSR count). The van der Waals surface area contributed by atoms with E-state index in [4.69, 9.17) is 0 Å². The molecular formula is C23H30N2O2. The van der Waals surface area contributed by atoms with Crippen molar-refractivity contribution in [2.24, 2.45) is 5.41 Å². The molecule has 0 unspecified atom stereocenters. The minimum atomic E-state index is -1.17. The summed E-state index contributed by atoms with van der Waals surface area (Å²) in [6, 6.07) is 17.5. The summed E-state index contributed by atoms with van der Waals surface area (Å²) < 4.78 is 0. The number of nitrogens with one attached hydrogen (secondary N) is 1. The molecular weight excluding hydrogens is 336 g/mol. The first kappa shape index (κ1) is 20.7. The van der Waals surface area contributed by atoms with E-state index in [1.807, 2.05) is 75.4 Å². The highest BCUT2D eigenvalue weighted by Gasteiger charge is 2.40. The van der Waals surface area contributed by atoms with Crippen molar-refractivity contribution in [1.29, 1.82) is 0 Å². The molecule has 144 valence electrons. The monoisotopic (exact) mass is 366 g/mol. The van der Waals surface area contributed by atoms with Crippen molar-refractivity contribution in [1.82, 2.24) is 4.90 Å². The van der Waals surface area contributed by atoms with Crippen LogP contribution in [0.15, 0.2) is 54.6 Å². The second kappa shape index (κ2) is 8.85. The zero-order chi connectivity index (χ0) is 20.0. The van der Waals surface area contributed by atoms with Crippen LogP contribution in [0.4, 0.5) is 5.69 Å². The molecule has 0 saturated heterocycles. The molecule has 4 nitrogen and oxygen atoms in total. The Morgan fingerprint density at radius 2 is 1.59 bits per heavy atom. The van der Waals surface area contributed by atoms with Gasteiger partial charge in [-0.3, -0.25) is 9.59 Å². The Hall–Kier alpha value is -2.62. The minimum Gasteiger partial charge on any atom is -0.335 e. The Kier molecular flexibility index (Phi) is 6.78. The lowest BCUT2D eigenvalue weighted by molar-refractivity contribution is -0.148. The maximum absolute atomic E-state index is 13.3. The van der Waals surface area contributed by atoms with Gasteiger partial charge in [0.1, 0.15) is 5.41 Å². The van der Waals surface area contributed by atoms with Gasteiger partial charge in [-0.1, -0.05) is 55.5 Å². The average Bonchev–Trinajstić information content (AvgIpc) is 2.66. The summed E-state index contributed by atoms with van der Waals surface area (Å²) in [4.78, 5) is 28.0. The summed E-state index contributed by atoms with van der Waals surface area (Å²) in [5.74, 6) is -0.458. The first-order valence-electron chi connectivity index (χ1n) is 9.51. The highest BCUT2D eigenvalue weighted by Crippen LogP contribution is 2.26. The molecule has 0 spiro atoms. The molecule has 0 fully saturated rings. The molecule has 2 aromatic rings. The van der Waals surface area contributed by atoms with Gasteiger partial charge in [-0.25, -0.2) is 0 Å². The van der Waals surface area contributed by atoms with E-state index in [9.17, 15) is 9.59 Å². The Morgan fingerprint density at radius 3 is 2.19 bits per heavy atom. The third-order valence-electron chi connectivity index (χ3n) is 4.83. The topological polar surface area (TPSA) is 49.4 Å². The van der Waals surface area contributed by atoms with Crippen molar-refractivity contribution in [3.05, 3.63) is 65.7 Å². The van der Waals surface area contributed by atoms with Crippen LogP contribution in [0.1, 0.15) is 45.7 Å². The van der Waals surface area contributed by atoms with Crippen LogP contribution in [0.25, 0.3) is 0 Å². The van der Waals surface area contributed by atoms with Gasteiger partial charge in [-0.15, -0.1) is 0 Å². The van der Waals surface area contributed by atoms with Gasteiger partial charge in [-0.05, 0) is 51.3 Å². The van der Waals surface area contributed by atoms with E-state index in [-0.39, 0.29) is 17.9 Å². The quantitative estimate of drug-likeness (QED) is 0.725. The predicted octanol–water partition coefficient (Wildman–Crippen LogP) is 4.65. The van der Waals surface area contributed by atoms with Gasteiger partial charge in [-0.2, -0.15) is 0 Å². The summed E-state index contributed by atoms with van der Waals surface area (Å²) in [6.07, 6.45) is 0.816. The van der Waals surface area contributed by atoms with Crippen LogP contribution < -0.4 is 5.32 Å². The van der Waals surface area contributed by atoms with Gasteiger partial charge < -0.3 is 10.2 Å². The average molecular weight is 367 g/mol. The van der Waals surface area contributed by atoms with Crippen LogP contribution in [0, 0.1) is 5.41 Å². The van der Waals surface area contributed by atoms with Crippen molar-refractivity contribution >= 4 is 17.5 Å². The highest BCUT2D eigenvalue weighted by atomic mass is 16.2. The Labute approximate surface area is 162 Å². The normalized spacial score (nSPS) is 11.3. The van der Waals surface area contributed by atoms with E-state index in [0.717, 1.165) is 23.2 Å². The maximum atomic E-state index is 13.3. The number of rotatable bonds is 7. The van der Waals surface area contributed by atoms with Crippen molar-refractivity contribution in [2.75, 3.05) is 5.32 Å². The van der Waals surface area contributed by atoms with E-state index in [2.05, 4.69) is 5.32 Å². The van der Waals surface area contributed by atoms with Gasteiger partial charge >= 0.3 is 0 Å². The number of aryl methyl sites for hydroxylation is 1. The number of nitrogens with zero attached hydrogens (tertiary/aromatic N) is 1. The molecule has 27 heavy (non-hydrogen) atoms. The molecule has 0 aliphatic carbocycles. The van der Waals surface area contributed by atoms with E-state index < -0.39 is 5.41 Å². The highest BCUT2D eigenvalue weighted by molar-refractivity contribution is 6.10. The van der Waals surface area contributed by atoms with Crippen LogP contribution >= 0.6 is 0 Å². The van der Waals surface area contributed by atoms with Gasteiger partial charge in [0.25, 0.3) is 0 Å². The SMILES string of the molecule is CCc1ccccc1NC(=O)C(C)(C)C(=O)N(Cc1ccccc1)C(C)C. The molecule has 0 aliphatic heterocycles. The van der Waals surface area contributed by atoms with E-state index in [1.165, 1.54) is 0 Å². The number of amides is 2. The van der Waals surface area contributed by atoms with Crippen molar-refractivity contribution in [2.45, 2.75) is 53.6 Å². The predicted molar refractivity (Wildman–Crippen MR) is 110 cm³/mol. The smallest absolute Gasteiger partial charge is 0.239 e. The number of benzene rings is 2. The molecule has 1 N–H and O–H groups in total. The first-order valence-corrected chi connectivity index (χ1v) is 9.51. The molecule has 0 aliphatic rings. The fraction of sp³-hybridized carbons (Fsp3) is 0.391. The summed E-state index contributed by atoms with van der Waals surface area (Å²) in [7, 11) is 0. The second-order valence-corrected chi connectivity index (χ2v) is 7.60. The molecule has 4 heteroatoms. The molecule has 0 saturated carbocycles. The standard InChI is InChI=1S/C23H30N2O2/c1-6-19-14-10-11-15-20(19)24-21(26)23(4,5)22(27)25(17(2)3)16-18-12-8-7-9-13-18/h7-15,17H,6,16H2,1-5H3,(H,24,26). The molecule has 2 aromatic carbocycles. The summed E-state index contributed by atoms with van der Waals surface area (Å²) >= 11 is 0. The van der Waals surface area contributed by atoms with Crippen LogP contribution in [-0.2, 0) is 22.6 Å². The van der Waals surface area contributed by atoms with Crippen molar-refractivity contribution in [3.8, 4) is 0 Å². The molecule has 0 radical (unpaired) electrons. The molecule has 0 heterocycles.